The van der Waals surface area contributed by atoms with Crippen molar-refractivity contribution in [2.24, 2.45) is 0 Å². The van der Waals surface area contributed by atoms with Gasteiger partial charge in [-0.1, -0.05) is 59.8 Å². The minimum Gasteiger partial charge on any atom is -0.301 e. The van der Waals surface area contributed by atoms with E-state index in [1.165, 1.54) is 17.3 Å². The maximum atomic E-state index is 12.3. The topological polar surface area (TPSA) is 20.3 Å². The van der Waals surface area contributed by atoms with Crippen molar-refractivity contribution in [3.05, 3.63) is 70.2 Å². The molecule has 0 saturated heterocycles. The Labute approximate surface area is 146 Å². The molecule has 0 saturated carbocycles. The zero-order chi connectivity index (χ0) is 15.0. The van der Waals surface area contributed by atoms with Gasteiger partial charge in [0, 0.05) is 10.6 Å². The lowest BCUT2D eigenvalue weighted by Crippen LogP contribution is -2.24. The second-order valence-electron chi connectivity index (χ2n) is 5.38. The first-order chi connectivity index (χ1) is 10.1. The van der Waals surface area contributed by atoms with Crippen molar-refractivity contribution in [2.75, 3.05) is 14.1 Å². The summed E-state index contributed by atoms with van der Waals surface area (Å²) in [4.78, 5) is 14.4. The molecule has 0 aromatic heterocycles. The fourth-order valence-electron chi connectivity index (χ4n) is 2.82. The Morgan fingerprint density at radius 3 is 2.45 bits per heavy atom. The summed E-state index contributed by atoms with van der Waals surface area (Å²) in [7, 11) is 4.10. The third kappa shape index (κ3) is 3.18. The van der Waals surface area contributed by atoms with Gasteiger partial charge in [0.2, 0.25) is 5.12 Å². The molecule has 1 heterocycles. The molecular formula is C17H17Cl2NOS. The third-order valence-corrected chi connectivity index (χ3v) is 5.19. The molecule has 0 radical (unpaired) electrons. The maximum absolute atomic E-state index is 12.3. The molecule has 22 heavy (non-hydrogen) atoms. The highest BCUT2D eigenvalue weighted by molar-refractivity contribution is 8.14. The van der Waals surface area contributed by atoms with E-state index >= 15 is 0 Å². The van der Waals surface area contributed by atoms with Gasteiger partial charge >= 0.3 is 0 Å². The molecule has 1 aliphatic heterocycles. The van der Waals surface area contributed by atoms with E-state index in [1.807, 2.05) is 30.3 Å². The van der Waals surface area contributed by atoms with Crippen LogP contribution >= 0.6 is 35.8 Å². The molecule has 2 aromatic carbocycles. The molecule has 2 aromatic rings. The number of hydrogen-bond donors (Lipinski definition) is 0. The highest BCUT2D eigenvalue weighted by Gasteiger charge is 2.37. The van der Waals surface area contributed by atoms with E-state index in [2.05, 4.69) is 31.1 Å². The second kappa shape index (κ2) is 7.05. The van der Waals surface area contributed by atoms with Crippen molar-refractivity contribution in [1.82, 2.24) is 4.90 Å². The molecule has 5 heteroatoms. The summed E-state index contributed by atoms with van der Waals surface area (Å²) in [5, 5.41) is 0.826. The summed E-state index contributed by atoms with van der Waals surface area (Å²) in [5.41, 5.74) is 3.05. The average Bonchev–Trinajstić information content (AvgIpc) is 2.77. The number of likely N-dealkylation sites (N-methyl/N-ethyl adjacent to an activating group) is 1. The van der Waals surface area contributed by atoms with Crippen LogP contribution in [-0.2, 0) is 0 Å². The van der Waals surface area contributed by atoms with Crippen LogP contribution in [0.1, 0.15) is 32.8 Å². The molecule has 0 aliphatic carbocycles. The van der Waals surface area contributed by atoms with Crippen molar-refractivity contribution >= 4 is 40.9 Å². The predicted molar refractivity (Wildman–Crippen MR) is 96.2 cm³/mol. The molecule has 0 N–H and O–H groups in total. The molecule has 2 unspecified atom stereocenters. The van der Waals surface area contributed by atoms with E-state index < -0.39 is 0 Å². The van der Waals surface area contributed by atoms with Gasteiger partial charge in [0.05, 0.1) is 11.3 Å². The number of benzene rings is 2. The van der Waals surface area contributed by atoms with Gasteiger partial charge in [-0.15, -0.1) is 12.4 Å². The standard InChI is InChI=1S/C17H16ClNOS.ClH/c1-19(2)15(11-6-4-3-5-7-11)16-13-9-8-12(18)10-14(13)17(20)21-16;/h3-10,15-16H,1-2H3;1H. The third-order valence-electron chi connectivity index (χ3n) is 3.76. The molecule has 0 bridgehead atoms. The molecule has 0 amide bonds. The van der Waals surface area contributed by atoms with Crippen LogP contribution in [0.5, 0.6) is 0 Å². The van der Waals surface area contributed by atoms with E-state index in [4.69, 9.17) is 11.6 Å². The quantitative estimate of drug-likeness (QED) is 0.774. The van der Waals surface area contributed by atoms with Gasteiger partial charge in [-0.2, -0.15) is 0 Å². The summed E-state index contributed by atoms with van der Waals surface area (Å²) < 4.78 is 0. The first-order valence-corrected chi connectivity index (χ1v) is 8.05. The molecule has 3 rings (SSSR count). The number of rotatable bonds is 3. The Balaban J connectivity index is 0.00000176. The minimum atomic E-state index is 0. The van der Waals surface area contributed by atoms with E-state index in [9.17, 15) is 4.79 Å². The highest BCUT2D eigenvalue weighted by Crippen LogP contribution is 2.50. The number of halogens is 2. The van der Waals surface area contributed by atoms with Gasteiger partial charge in [0.15, 0.2) is 0 Å². The van der Waals surface area contributed by atoms with Gasteiger partial charge in [0.1, 0.15) is 0 Å². The molecule has 116 valence electrons. The normalized spacial score (nSPS) is 18.0. The van der Waals surface area contributed by atoms with Gasteiger partial charge < -0.3 is 4.90 Å². The summed E-state index contributed by atoms with van der Waals surface area (Å²) >= 11 is 7.42. The lowest BCUT2D eigenvalue weighted by Gasteiger charge is -2.30. The summed E-state index contributed by atoms with van der Waals surface area (Å²) in [6.45, 7) is 0. The van der Waals surface area contributed by atoms with Crippen molar-refractivity contribution in [3.8, 4) is 0 Å². The number of hydrogen-bond acceptors (Lipinski definition) is 3. The number of carbonyl (C=O) groups excluding carboxylic acids is 1. The van der Waals surface area contributed by atoms with Gasteiger partial charge in [0.25, 0.3) is 0 Å². The molecule has 2 atom stereocenters. The smallest absolute Gasteiger partial charge is 0.220 e. The van der Waals surface area contributed by atoms with E-state index in [-0.39, 0.29) is 28.8 Å². The first kappa shape index (κ1) is 17.4. The Kier molecular flexibility index (Phi) is 5.56. The van der Waals surface area contributed by atoms with Crippen molar-refractivity contribution in [3.63, 3.8) is 0 Å². The Hall–Kier alpha value is -1.000. The second-order valence-corrected chi connectivity index (χ2v) is 6.93. The van der Waals surface area contributed by atoms with E-state index in [0.29, 0.717) is 5.02 Å². The highest BCUT2D eigenvalue weighted by atomic mass is 35.5. The molecule has 0 spiro atoms. The van der Waals surface area contributed by atoms with Crippen molar-refractivity contribution < 1.29 is 4.79 Å². The fourth-order valence-corrected chi connectivity index (χ4v) is 4.39. The van der Waals surface area contributed by atoms with Gasteiger partial charge in [-0.3, -0.25) is 4.79 Å². The van der Waals surface area contributed by atoms with Crippen molar-refractivity contribution in [1.29, 1.82) is 0 Å². The zero-order valence-corrected chi connectivity index (χ0v) is 14.7. The number of nitrogens with zero attached hydrogens (tertiary/aromatic N) is 1. The molecule has 1 aliphatic rings. The average molecular weight is 354 g/mol. The van der Waals surface area contributed by atoms with Crippen molar-refractivity contribution in [2.45, 2.75) is 11.3 Å². The Morgan fingerprint density at radius 1 is 1.14 bits per heavy atom. The number of carbonyl (C=O) groups is 1. The van der Waals surface area contributed by atoms with Crippen LogP contribution in [0.25, 0.3) is 0 Å². The predicted octanol–water partition coefficient (Wildman–Crippen LogP) is 4.99. The number of thioether (sulfide) groups is 1. The maximum Gasteiger partial charge on any atom is 0.220 e. The van der Waals surface area contributed by atoms with E-state index in [1.54, 1.807) is 6.07 Å². The fraction of sp³-hybridized carbons (Fsp3) is 0.235. The molecular weight excluding hydrogens is 337 g/mol. The minimum absolute atomic E-state index is 0. The van der Waals surface area contributed by atoms with Crippen LogP contribution in [0.3, 0.4) is 0 Å². The van der Waals surface area contributed by atoms with Crippen LogP contribution in [0.2, 0.25) is 5.02 Å². The van der Waals surface area contributed by atoms with Crippen LogP contribution in [0.4, 0.5) is 0 Å². The van der Waals surface area contributed by atoms with Crippen LogP contribution < -0.4 is 0 Å². The monoisotopic (exact) mass is 353 g/mol. The molecule has 0 fully saturated rings. The largest absolute Gasteiger partial charge is 0.301 e. The van der Waals surface area contributed by atoms with Gasteiger partial charge in [-0.05, 0) is 37.4 Å². The number of fused-ring (bicyclic) bond motifs is 1. The molecule has 2 nitrogen and oxygen atoms in total. The van der Waals surface area contributed by atoms with E-state index in [0.717, 1.165) is 11.1 Å². The lowest BCUT2D eigenvalue weighted by molar-refractivity contribution is 0.109. The van der Waals surface area contributed by atoms with Gasteiger partial charge in [-0.25, -0.2) is 0 Å². The zero-order valence-electron chi connectivity index (χ0n) is 12.3. The van der Waals surface area contributed by atoms with Crippen LogP contribution in [0.15, 0.2) is 48.5 Å². The van der Waals surface area contributed by atoms with Crippen LogP contribution in [0, 0.1) is 0 Å². The summed E-state index contributed by atoms with van der Waals surface area (Å²) in [6, 6.07) is 16.1. The van der Waals surface area contributed by atoms with Crippen LogP contribution in [-0.4, -0.2) is 24.1 Å². The summed E-state index contributed by atoms with van der Waals surface area (Å²) in [6.07, 6.45) is 0. The Morgan fingerprint density at radius 2 is 1.82 bits per heavy atom. The lowest BCUT2D eigenvalue weighted by atomic mass is 9.95. The summed E-state index contributed by atoms with van der Waals surface area (Å²) in [5.74, 6) is 0. The Bertz CT molecular complexity index is 676. The first-order valence-electron chi connectivity index (χ1n) is 6.79. The SMILES string of the molecule is CN(C)C(c1ccccc1)C1SC(=O)c2cc(Cl)ccc21.Cl.